The van der Waals surface area contributed by atoms with Gasteiger partial charge in [-0.25, -0.2) is 0 Å². The van der Waals surface area contributed by atoms with E-state index in [0.29, 0.717) is 6.04 Å². The molecule has 0 aromatic heterocycles. The molecule has 20 heavy (non-hydrogen) atoms. The Morgan fingerprint density at radius 2 is 2.10 bits per heavy atom. The Kier molecular flexibility index (Phi) is 5.18. The van der Waals surface area contributed by atoms with E-state index in [-0.39, 0.29) is 11.9 Å². The molecule has 0 saturated heterocycles. The topological polar surface area (TPSA) is 32.3 Å². The van der Waals surface area contributed by atoms with E-state index in [4.69, 9.17) is 0 Å². The van der Waals surface area contributed by atoms with Gasteiger partial charge in [0.25, 0.3) is 0 Å². The molecule has 1 aliphatic rings. The lowest BCUT2D eigenvalue weighted by Crippen LogP contribution is -2.44. The summed E-state index contributed by atoms with van der Waals surface area (Å²) in [4.78, 5) is 13.8. The molecule has 1 amide bonds. The van der Waals surface area contributed by atoms with Crippen LogP contribution in [-0.2, 0) is 4.79 Å². The van der Waals surface area contributed by atoms with Crippen molar-refractivity contribution in [1.82, 2.24) is 5.32 Å². The van der Waals surface area contributed by atoms with Crippen LogP contribution in [0.3, 0.4) is 0 Å². The monoisotopic (exact) mass is 274 g/mol. The predicted molar refractivity (Wildman–Crippen MR) is 83.9 cm³/mol. The van der Waals surface area contributed by atoms with E-state index in [0.717, 1.165) is 18.7 Å². The van der Waals surface area contributed by atoms with Crippen LogP contribution in [0.4, 0.5) is 5.69 Å². The van der Waals surface area contributed by atoms with E-state index in [1.807, 2.05) is 11.0 Å². The summed E-state index contributed by atoms with van der Waals surface area (Å²) in [6.07, 6.45) is 4.73. The lowest BCUT2D eigenvalue weighted by atomic mass is 9.91. The first kappa shape index (κ1) is 15.0. The van der Waals surface area contributed by atoms with Gasteiger partial charge in [-0.1, -0.05) is 38.0 Å². The third-order valence-corrected chi connectivity index (χ3v) is 4.10. The maximum absolute atomic E-state index is 11.9. The first-order valence-corrected chi connectivity index (χ1v) is 7.77. The van der Waals surface area contributed by atoms with Gasteiger partial charge in [-0.3, -0.25) is 4.79 Å². The predicted octanol–water partition coefficient (Wildman–Crippen LogP) is 3.65. The van der Waals surface area contributed by atoms with Crippen molar-refractivity contribution in [3.8, 4) is 0 Å². The zero-order valence-electron chi connectivity index (χ0n) is 12.9. The molecule has 0 radical (unpaired) electrons. The zero-order valence-corrected chi connectivity index (χ0v) is 12.9. The summed E-state index contributed by atoms with van der Waals surface area (Å²) in [5, 5.41) is 3.66. The Labute approximate surface area is 122 Å². The van der Waals surface area contributed by atoms with Gasteiger partial charge in [0, 0.05) is 24.7 Å². The lowest BCUT2D eigenvalue weighted by Gasteiger charge is -2.39. The van der Waals surface area contributed by atoms with Crippen LogP contribution >= 0.6 is 0 Å². The van der Waals surface area contributed by atoms with Gasteiger partial charge in [-0.05, 0) is 37.9 Å². The number of anilines is 1. The van der Waals surface area contributed by atoms with Crippen LogP contribution in [0.2, 0.25) is 0 Å². The first-order chi connectivity index (χ1) is 9.65. The minimum atomic E-state index is 0.134. The molecular formula is C17H26N2O. The molecule has 3 heteroatoms. The highest BCUT2D eigenvalue weighted by atomic mass is 16.2. The fourth-order valence-electron chi connectivity index (χ4n) is 3.14. The maximum atomic E-state index is 11.9. The number of hydrogen-bond donors (Lipinski definition) is 1. The van der Waals surface area contributed by atoms with Gasteiger partial charge >= 0.3 is 0 Å². The Bertz CT molecular complexity index is 458. The number of fused-ring (bicyclic) bond motifs is 1. The van der Waals surface area contributed by atoms with E-state index < -0.39 is 0 Å². The van der Waals surface area contributed by atoms with Crippen LogP contribution in [0.15, 0.2) is 24.3 Å². The molecule has 2 atom stereocenters. The highest BCUT2D eigenvalue weighted by Gasteiger charge is 2.31. The Balaban J connectivity index is 2.15. The molecule has 2 rings (SSSR count). The molecule has 1 aliphatic heterocycles. The average molecular weight is 274 g/mol. The van der Waals surface area contributed by atoms with Crippen molar-refractivity contribution >= 4 is 11.6 Å². The number of amides is 1. The lowest BCUT2D eigenvalue weighted by molar-refractivity contribution is -0.117. The van der Waals surface area contributed by atoms with E-state index >= 15 is 0 Å². The fraction of sp³-hybridized carbons (Fsp3) is 0.588. The first-order valence-electron chi connectivity index (χ1n) is 7.77. The SMILES string of the molecule is CCCCCN[C@H]1C[C@H](C)N(C(C)=O)c2ccccc21. The van der Waals surface area contributed by atoms with Crippen molar-refractivity contribution in [3.05, 3.63) is 29.8 Å². The van der Waals surface area contributed by atoms with Crippen molar-refractivity contribution in [2.75, 3.05) is 11.4 Å². The summed E-state index contributed by atoms with van der Waals surface area (Å²) in [5.41, 5.74) is 2.34. The minimum absolute atomic E-state index is 0.134. The fourth-order valence-corrected chi connectivity index (χ4v) is 3.14. The Morgan fingerprint density at radius 3 is 2.80 bits per heavy atom. The van der Waals surface area contributed by atoms with Gasteiger partial charge in [0.05, 0.1) is 0 Å². The Hall–Kier alpha value is -1.35. The zero-order chi connectivity index (χ0) is 14.5. The van der Waals surface area contributed by atoms with E-state index in [1.165, 1.54) is 24.8 Å². The number of rotatable bonds is 5. The number of unbranched alkanes of at least 4 members (excludes halogenated alkanes) is 2. The van der Waals surface area contributed by atoms with Crippen LogP contribution in [-0.4, -0.2) is 18.5 Å². The summed E-state index contributed by atoms with van der Waals surface area (Å²) in [6, 6.07) is 8.91. The molecule has 0 fully saturated rings. The molecule has 110 valence electrons. The summed E-state index contributed by atoms with van der Waals surface area (Å²) >= 11 is 0. The normalized spacial score (nSPS) is 21.6. The second kappa shape index (κ2) is 6.89. The molecule has 1 N–H and O–H groups in total. The molecule has 0 saturated carbocycles. The van der Waals surface area contributed by atoms with E-state index in [2.05, 4.69) is 37.4 Å². The van der Waals surface area contributed by atoms with E-state index in [9.17, 15) is 4.79 Å². The highest BCUT2D eigenvalue weighted by Crippen LogP contribution is 2.36. The molecule has 1 aromatic rings. The van der Waals surface area contributed by atoms with Gasteiger partial charge in [-0.2, -0.15) is 0 Å². The quantitative estimate of drug-likeness (QED) is 0.831. The van der Waals surface area contributed by atoms with E-state index in [1.54, 1.807) is 6.92 Å². The number of carbonyl (C=O) groups is 1. The van der Waals surface area contributed by atoms with Crippen molar-refractivity contribution in [1.29, 1.82) is 0 Å². The molecule has 0 aliphatic carbocycles. The van der Waals surface area contributed by atoms with Crippen LogP contribution in [0.1, 0.15) is 58.1 Å². The van der Waals surface area contributed by atoms with Gasteiger partial charge in [0.2, 0.25) is 5.91 Å². The second-order valence-electron chi connectivity index (χ2n) is 5.75. The molecule has 1 aromatic carbocycles. The van der Waals surface area contributed by atoms with Gasteiger partial charge in [0.15, 0.2) is 0 Å². The third-order valence-electron chi connectivity index (χ3n) is 4.10. The summed E-state index contributed by atoms with van der Waals surface area (Å²) < 4.78 is 0. The molecule has 0 spiro atoms. The average Bonchev–Trinajstić information content (AvgIpc) is 2.43. The largest absolute Gasteiger partial charge is 0.310 e. The minimum Gasteiger partial charge on any atom is -0.310 e. The van der Waals surface area contributed by atoms with Gasteiger partial charge in [-0.15, -0.1) is 0 Å². The van der Waals surface area contributed by atoms with Crippen molar-refractivity contribution in [3.63, 3.8) is 0 Å². The van der Waals surface area contributed by atoms with Crippen LogP contribution in [0.25, 0.3) is 0 Å². The van der Waals surface area contributed by atoms with Crippen molar-refractivity contribution < 1.29 is 4.79 Å². The number of nitrogens with one attached hydrogen (secondary N) is 1. The van der Waals surface area contributed by atoms with Crippen LogP contribution < -0.4 is 10.2 Å². The number of nitrogens with zero attached hydrogens (tertiary/aromatic N) is 1. The number of benzene rings is 1. The van der Waals surface area contributed by atoms with Crippen molar-refractivity contribution in [2.24, 2.45) is 0 Å². The number of para-hydroxylation sites is 1. The summed E-state index contributed by atoms with van der Waals surface area (Å²) in [5.74, 6) is 0.134. The highest BCUT2D eigenvalue weighted by molar-refractivity contribution is 5.93. The standard InChI is InChI=1S/C17H26N2O/c1-4-5-8-11-18-16-12-13(2)19(14(3)20)17-10-7-6-9-15(16)17/h6-7,9-10,13,16,18H,4-5,8,11-12H2,1-3H3/t13-,16-/m0/s1. The number of carbonyl (C=O) groups excluding carboxylic acids is 1. The second-order valence-corrected chi connectivity index (χ2v) is 5.75. The maximum Gasteiger partial charge on any atom is 0.224 e. The molecule has 1 heterocycles. The number of hydrogen-bond acceptors (Lipinski definition) is 2. The summed E-state index contributed by atoms with van der Waals surface area (Å²) in [6.45, 7) is 7.07. The molecule has 0 unspecified atom stereocenters. The van der Waals surface area contributed by atoms with Crippen molar-refractivity contribution in [2.45, 2.75) is 58.5 Å². The summed E-state index contributed by atoms with van der Waals surface area (Å²) in [7, 11) is 0. The Morgan fingerprint density at radius 1 is 1.35 bits per heavy atom. The molecule has 0 bridgehead atoms. The van der Waals surface area contributed by atoms with Crippen LogP contribution in [0.5, 0.6) is 0 Å². The third kappa shape index (κ3) is 3.21. The molecule has 3 nitrogen and oxygen atoms in total. The van der Waals surface area contributed by atoms with Gasteiger partial charge in [0.1, 0.15) is 0 Å². The molecular weight excluding hydrogens is 248 g/mol. The van der Waals surface area contributed by atoms with Gasteiger partial charge < -0.3 is 10.2 Å². The smallest absolute Gasteiger partial charge is 0.224 e. The van der Waals surface area contributed by atoms with Crippen LogP contribution in [0, 0.1) is 0 Å².